The molecule has 4 heterocycles. The van der Waals surface area contributed by atoms with Gasteiger partial charge in [-0.3, -0.25) is 19.9 Å². The summed E-state index contributed by atoms with van der Waals surface area (Å²) in [6.45, 7) is 47.9. The number of carboxylic acid groups (broad SMARTS) is 8. The summed E-state index contributed by atoms with van der Waals surface area (Å²) in [6, 6.07) is 40.5. The Morgan fingerprint density at radius 1 is 0.194 bits per heavy atom. The fourth-order valence-corrected chi connectivity index (χ4v) is 8.50. The molecule has 32 heteroatoms. The Bertz CT molecular complexity index is 3850. The first-order valence-corrected chi connectivity index (χ1v) is 37.9. The minimum atomic E-state index is -1.51. The maximum Gasteiger partial charge on any atom is 2.00 e. The number of hydrogen-bond donors (Lipinski definition) is 0. The van der Waals surface area contributed by atoms with E-state index in [-0.39, 0.29) is 146 Å². The van der Waals surface area contributed by atoms with Gasteiger partial charge in [0.2, 0.25) is 0 Å². The van der Waals surface area contributed by atoms with Gasteiger partial charge in [0.25, 0.3) is 0 Å². The zero-order chi connectivity index (χ0) is 92.7. The van der Waals surface area contributed by atoms with Gasteiger partial charge in [-0.1, -0.05) is 107 Å². The van der Waals surface area contributed by atoms with Crippen molar-refractivity contribution in [1.82, 2.24) is 19.9 Å². The number of nitrogens with zero attached hydrogens (tertiary/aromatic N) is 4. The van der Waals surface area contributed by atoms with Gasteiger partial charge in [-0.15, -0.1) is 0 Å². The Kier molecular flexibility index (Phi) is 50.1. The van der Waals surface area contributed by atoms with Gasteiger partial charge in [-0.05, 0) is 252 Å². The third kappa shape index (κ3) is 45.7. The van der Waals surface area contributed by atoms with Crippen molar-refractivity contribution in [1.29, 1.82) is 0 Å². The van der Waals surface area contributed by atoms with Crippen molar-refractivity contribution in [3.05, 3.63) is 217 Å². The molecule has 0 N–H and O–H groups in total. The van der Waals surface area contributed by atoms with Gasteiger partial charge in [-0.2, -0.15) is 0 Å². The number of aromatic nitrogens is 4. The molecule has 0 saturated heterocycles. The zero-order valence-electron chi connectivity index (χ0n) is 75.4. The van der Waals surface area contributed by atoms with E-state index in [1.807, 2.05) is 49.6 Å². The number of ether oxygens (including phenoxy) is 8. The SMILES string of the molecule is CC(C)(C)c1ccncc1.CC(C)(C)c1ccncc1.CC(C)(C)c1ccncc1.CC(C)(C)c1ccncc1.CC(C)(Oc1cccc(OC(C)(C)C(=O)[O-])c1)C(=O)[O-].CC(C)(Oc1cccc(OC(C)(C)C(=O)[O-])c1)C(=O)[O-].CC(C)(Oc1cccc(OC(C)(C)C(=O)[O-])c1)C(=O)[O-].CC(C)(Oc1cccc(OC(C)(C)C(=O)[O-])c1)C(=O)[O-].[Rh+2].[Rh+2].[Rh+2].[Rh+2]. The van der Waals surface area contributed by atoms with Crippen LogP contribution in [-0.4, -0.2) is 112 Å². The molecular formula is C92H116N4O24Rh4. The molecule has 28 nitrogen and oxygen atoms in total. The minimum Gasteiger partial charge on any atom is -0.546 e. The summed E-state index contributed by atoms with van der Waals surface area (Å²) in [4.78, 5) is 103. The summed E-state index contributed by atoms with van der Waals surface area (Å²) >= 11 is 0. The van der Waals surface area contributed by atoms with Crippen molar-refractivity contribution >= 4 is 47.8 Å². The number of rotatable bonds is 24. The van der Waals surface area contributed by atoms with Crippen LogP contribution in [0.3, 0.4) is 0 Å². The molecule has 0 amide bonds. The summed E-state index contributed by atoms with van der Waals surface area (Å²) in [5, 5.41) is 87.0. The van der Waals surface area contributed by atoms with E-state index in [1.54, 1.807) is 24.3 Å². The van der Waals surface area contributed by atoms with Gasteiger partial charge >= 0.3 is 77.9 Å². The van der Waals surface area contributed by atoms with E-state index in [9.17, 15) is 79.2 Å². The Morgan fingerprint density at radius 3 is 0.363 bits per heavy atom. The molecule has 0 unspecified atom stereocenters. The van der Waals surface area contributed by atoms with Crippen LogP contribution < -0.4 is 78.7 Å². The predicted molar refractivity (Wildman–Crippen MR) is 435 cm³/mol. The van der Waals surface area contributed by atoms with E-state index in [4.69, 9.17) is 37.9 Å². The molecule has 0 saturated carbocycles. The Balaban J connectivity index is -0.000000672. The van der Waals surface area contributed by atoms with E-state index in [2.05, 4.69) is 152 Å². The maximum atomic E-state index is 10.9. The number of pyridine rings is 4. The summed E-state index contributed by atoms with van der Waals surface area (Å²) in [7, 11) is 0. The molecular weight excluding hydrogens is 1960 g/mol. The van der Waals surface area contributed by atoms with Gasteiger partial charge in [0.05, 0.1) is 47.8 Å². The predicted octanol–water partition coefficient (Wildman–Crippen LogP) is 7.51. The Hall–Kier alpha value is -9.87. The first kappa shape index (κ1) is 120. The zero-order valence-corrected chi connectivity index (χ0v) is 82.0. The molecule has 0 atom stereocenters. The van der Waals surface area contributed by atoms with Crippen LogP contribution in [0, 0.1) is 0 Å². The molecule has 8 rings (SSSR count). The van der Waals surface area contributed by atoms with Gasteiger partial charge < -0.3 is 117 Å². The Morgan fingerprint density at radius 2 is 0.290 bits per heavy atom. The summed E-state index contributed by atoms with van der Waals surface area (Å²) < 4.78 is 42.2. The summed E-state index contributed by atoms with van der Waals surface area (Å²) in [5.41, 5.74) is -5.74. The van der Waals surface area contributed by atoms with Crippen LogP contribution in [0.2, 0.25) is 0 Å². The van der Waals surface area contributed by atoms with E-state index in [1.165, 1.54) is 206 Å². The van der Waals surface area contributed by atoms with Crippen LogP contribution in [0.25, 0.3) is 0 Å². The van der Waals surface area contributed by atoms with Crippen LogP contribution in [0.1, 0.15) is 216 Å². The van der Waals surface area contributed by atoms with Crippen molar-refractivity contribution in [2.45, 2.75) is 260 Å². The van der Waals surface area contributed by atoms with Crippen LogP contribution in [0.4, 0.5) is 0 Å². The average molecular weight is 2070 g/mol. The topological polar surface area (TPSA) is 446 Å². The molecule has 4 radical (unpaired) electrons. The van der Waals surface area contributed by atoms with Gasteiger partial charge in [0.15, 0.2) is 0 Å². The molecule has 0 aliphatic carbocycles. The Labute approximate surface area is 780 Å². The number of carbonyl (C=O) groups excluding carboxylic acids is 8. The quantitative estimate of drug-likeness (QED) is 0.0528. The van der Waals surface area contributed by atoms with Gasteiger partial charge in [-0.25, -0.2) is 0 Å². The standard InChI is InChI=1S/4C14H18O6.4C9H13N.4Rh/c4*1-13(2,11(15)16)19-9-6-5-7-10(8-9)20-14(3,4)12(17)18;4*1-9(2,3)8-4-6-10-7-5-8;;;;/h4*5-8H,1-4H3,(H,15,16)(H,17,18);4*4-7H,1-3H3;;;;/q;;;;;;;;4*+2/p-8. The molecule has 0 aliphatic rings. The third-order valence-electron chi connectivity index (χ3n) is 16.3. The molecule has 0 aliphatic heterocycles. The number of carbonyl (C=O) groups is 8. The van der Waals surface area contributed by atoms with Crippen LogP contribution in [0.15, 0.2) is 195 Å². The molecule has 124 heavy (non-hydrogen) atoms. The van der Waals surface area contributed by atoms with E-state index < -0.39 is 92.6 Å². The first-order chi connectivity index (χ1) is 54.6. The fourth-order valence-electron chi connectivity index (χ4n) is 8.50. The van der Waals surface area contributed by atoms with Crippen molar-refractivity contribution in [3.8, 4) is 46.0 Å². The molecule has 0 bridgehead atoms. The van der Waals surface area contributed by atoms with E-state index in [0.717, 1.165) is 0 Å². The second kappa shape index (κ2) is 51.5. The number of hydrogen-bond acceptors (Lipinski definition) is 28. The van der Waals surface area contributed by atoms with Crippen LogP contribution in [-0.2, 0) is 138 Å². The number of aliphatic carboxylic acids is 8. The second-order valence-electron chi connectivity index (χ2n) is 35.0. The van der Waals surface area contributed by atoms with E-state index >= 15 is 0 Å². The van der Waals surface area contributed by atoms with Crippen LogP contribution in [0.5, 0.6) is 46.0 Å². The molecule has 0 fully saturated rings. The van der Waals surface area contributed by atoms with Gasteiger partial charge in [0.1, 0.15) is 90.8 Å². The smallest absolute Gasteiger partial charge is 0.546 e. The molecule has 8 aromatic rings. The molecule has 4 aromatic heterocycles. The van der Waals surface area contributed by atoms with Crippen molar-refractivity contribution in [3.63, 3.8) is 0 Å². The average Bonchev–Trinajstić information content (AvgIpc) is 0.843. The molecule has 684 valence electrons. The number of benzene rings is 4. The largest absolute Gasteiger partial charge is 2.00 e. The fraction of sp³-hybridized carbons (Fsp3) is 0.435. The van der Waals surface area contributed by atoms with Gasteiger partial charge in [0, 0.05) is 73.8 Å². The van der Waals surface area contributed by atoms with Crippen molar-refractivity contribution < 1.29 is 195 Å². The molecule has 4 aromatic carbocycles. The second-order valence-corrected chi connectivity index (χ2v) is 35.0. The van der Waals surface area contributed by atoms with E-state index in [0.29, 0.717) is 0 Å². The normalized spacial score (nSPS) is 11.3. The van der Waals surface area contributed by atoms with Crippen LogP contribution >= 0.6 is 0 Å². The maximum absolute atomic E-state index is 10.9. The molecule has 0 spiro atoms. The summed E-state index contributed by atoms with van der Waals surface area (Å²) in [5.74, 6) is -9.08. The minimum absolute atomic E-state index is 0. The number of carboxylic acids is 8. The first-order valence-electron chi connectivity index (χ1n) is 37.9. The van der Waals surface area contributed by atoms with Crippen molar-refractivity contribution in [2.24, 2.45) is 0 Å². The monoisotopic (exact) mass is 2070 g/mol. The van der Waals surface area contributed by atoms with Crippen molar-refractivity contribution in [2.75, 3.05) is 0 Å². The summed E-state index contributed by atoms with van der Waals surface area (Å²) in [6.07, 6.45) is 14.7. The third-order valence-corrected chi connectivity index (χ3v) is 16.3.